The highest BCUT2D eigenvalue weighted by Crippen LogP contribution is 2.38. The monoisotopic (exact) mass is 621 g/mol. The lowest BCUT2D eigenvalue weighted by atomic mass is 10.1. The first-order valence-corrected chi connectivity index (χ1v) is 13.8. The van der Waals surface area contributed by atoms with E-state index in [2.05, 4.69) is 10.1 Å². The summed E-state index contributed by atoms with van der Waals surface area (Å²) in [5, 5.41) is 4.82. The largest absolute Gasteiger partial charge is 0.490 e. The van der Waals surface area contributed by atoms with Gasteiger partial charge in [-0.05, 0) is 66.6 Å². The molecule has 6 rings (SSSR count). The molecule has 0 saturated carbocycles. The van der Waals surface area contributed by atoms with Crippen molar-refractivity contribution in [2.24, 2.45) is 5.10 Å². The molecule has 1 aromatic heterocycles. The van der Waals surface area contributed by atoms with Gasteiger partial charge in [0, 0.05) is 5.56 Å². The van der Waals surface area contributed by atoms with Gasteiger partial charge in [0.05, 0.1) is 34.3 Å². The van der Waals surface area contributed by atoms with Crippen LogP contribution in [0.5, 0.6) is 23.0 Å². The van der Waals surface area contributed by atoms with Crippen LogP contribution in [0.4, 0.5) is 13.2 Å². The van der Waals surface area contributed by atoms with Crippen molar-refractivity contribution in [2.75, 3.05) is 13.4 Å². The van der Waals surface area contributed by atoms with Gasteiger partial charge in [-0.2, -0.15) is 22.9 Å². The highest BCUT2D eigenvalue weighted by molar-refractivity contribution is 6.32. The first kappa shape index (κ1) is 29.1. The summed E-state index contributed by atoms with van der Waals surface area (Å²) >= 11 is 6.61. The lowest BCUT2D eigenvalue weighted by molar-refractivity contribution is -0.137. The van der Waals surface area contributed by atoms with Gasteiger partial charge in [-0.3, -0.25) is 4.79 Å². The molecule has 0 unspecified atom stereocenters. The molecule has 1 aliphatic heterocycles. The van der Waals surface area contributed by atoms with Gasteiger partial charge < -0.3 is 18.9 Å². The maximum Gasteiger partial charge on any atom is 0.416 e. The Morgan fingerprint density at radius 2 is 1.82 bits per heavy atom. The molecule has 0 radical (unpaired) electrons. The Morgan fingerprint density at radius 3 is 2.64 bits per heavy atom. The standard InChI is InChI=1S/C32H23ClF3N3O5/c1-2-41-28-14-20(12-24(33)29(28)42-17-19-10-11-26-27(13-19)44-18-43-26)16-37-39-30(21-6-5-7-22(15-21)32(34,35)36)38-25-9-4-3-8-23(25)31(39)40/h3-16H,2,17-18H2,1H3. The van der Waals surface area contributed by atoms with Gasteiger partial charge in [-0.15, -0.1) is 0 Å². The molecule has 8 nitrogen and oxygen atoms in total. The molecule has 1 aliphatic rings. The highest BCUT2D eigenvalue weighted by Gasteiger charge is 2.31. The van der Waals surface area contributed by atoms with Crippen molar-refractivity contribution in [3.63, 3.8) is 0 Å². The minimum Gasteiger partial charge on any atom is -0.490 e. The van der Waals surface area contributed by atoms with Gasteiger partial charge in [-0.1, -0.05) is 41.9 Å². The quantitative estimate of drug-likeness (QED) is 0.169. The molecular formula is C32H23ClF3N3O5. The molecule has 0 spiro atoms. The zero-order valence-electron chi connectivity index (χ0n) is 23.1. The lowest BCUT2D eigenvalue weighted by Crippen LogP contribution is -2.20. The maximum atomic E-state index is 13.5. The minimum absolute atomic E-state index is 0.0594. The number of benzene rings is 4. The number of nitrogens with zero attached hydrogens (tertiary/aromatic N) is 3. The number of hydrogen-bond acceptors (Lipinski definition) is 7. The molecule has 4 aromatic carbocycles. The normalized spacial score (nSPS) is 12.7. The average molecular weight is 622 g/mol. The predicted molar refractivity (Wildman–Crippen MR) is 159 cm³/mol. The third-order valence-corrected chi connectivity index (χ3v) is 6.96. The van der Waals surface area contributed by atoms with Crippen LogP contribution >= 0.6 is 11.6 Å². The van der Waals surface area contributed by atoms with Crippen molar-refractivity contribution in [2.45, 2.75) is 19.7 Å². The summed E-state index contributed by atoms with van der Waals surface area (Å²) in [6.45, 7) is 2.44. The molecule has 44 heavy (non-hydrogen) atoms. The van der Waals surface area contributed by atoms with E-state index in [9.17, 15) is 18.0 Å². The van der Waals surface area contributed by atoms with E-state index in [1.165, 1.54) is 18.3 Å². The van der Waals surface area contributed by atoms with Gasteiger partial charge >= 0.3 is 6.18 Å². The summed E-state index contributed by atoms with van der Waals surface area (Å²) in [4.78, 5) is 18.0. The molecule has 0 aliphatic carbocycles. The molecule has 5 aromatic rings. The van der Waals surface area contributed by atoms with Crippen LogP contribution in [-0.4, -0.2) is 29.3 Å². The van der Waals surface area contributed by atoms with E-state index < -0.39 is 17.3 Å². The summed E-state index contributed by atoms with van der Waals surface area (Å²) in [6.07, 6.45) is -3.23. The Balaban J connectivity index is 1.36. The van der Waals surface area contributed by atoms with E-state index in [4.69, 9.17) is 30.5 Å². The van der Waals surface area contributed by atoms with Gasteiger partial charge in [0.25, 0.3) is 5.56 Å². The number of halogens is 4. The smallest absolute Gasteiger partial charge is 0.416 e. The molecule has 0 fully saturated rings. The third kappa shape index (κ3) is 5.91. The van der Waals surface area contributed by atoms with Crippen LogP contribution < -0.4 is 24.5 Å². The van der Waals surface area contributed by atoms with Crippen LogP contribution in [0.1, 0.15) is 23.6 Å². The summed E-state index contributed by atoms with van der Waals surface area (Å²) < 4.78 is 64.0. The number of fused-ring (bicyclic) bond motifs is 2. The molecule has 0 atom stereocenters. The Morgan fingerprint density at radius 1 is 1.00 bits per heavy atom. The molecule has 12 heteroatoms. The van der Waals surface area contributed by atoms with Gasteiger partial charge in [0.15, 0.2) is 28.8 Å². The fourth-order valence-electron chi connectivity index (χ4n) is 4.63. The van der Waals surface area contributed by atoms with Gasteiger partial charge in [0.2, 0.25) is 6.79 Å². The summed E-state index contributed by atoms with van der Waals surface area (Å²) in [5.74, 6) is 1.86. The Bertz CT molecular complexity index is 1960. The van der Waals surface area contributed by atoms with Crippen LogP contribution in [0.25, 0.3) is 22.3 Å². The summed E-state index contributed by atoms with van der Waals surface area (Å²) in [5.41, 5.74) is 0.228. The Labute approximate surface area is 253 Å². The van der Waals surface area contributed by atoms with Crippen molar-refractivity contribution in [3.05, 3.63) is 111 Å². The van der Waals surface area contributed by atoms with E-state index >= 15 is 0 Å². The van der Waals surface area contributed by atoms with Crippen LogP contribution in [0, 0.1) is 0 Å². The maximum absolute atomic E-state index is 13.5. The molecular weight excluding hydrogens is 599 g/mol. The number of hydrogen-bond donors (Lipinski definition) is 0. The van der Waals surface area contributed by atoms with Gasteiger partial charge in [-0.25, -0.2) is 4.98 Å². The SMILES string of the molecule is CCOc1cc(C=Nn2c(-c3cccc(C(F)(F)F)c3)nc3ccccc3c2=O)cc(Cl)c1OCc1ccc2c(c1)OCO2. The number of rotatable bonds is 8. The van der Waals surface area contributed by atoms with E-state index in [1.807, 2.05) is 12.1 Å². The molecule has 0 N–H and O–H groups in total. The van der Waals surface area contributed by atoms with Crippen LogP contribution in [0.2, 0.25) is 5.02 Å². The number of para-hydroxylation sites is 1. The van der Waals surface area contributed by atoms with Crippen molar-refractivity contribution in [1.82, 2.24) is 9.66 Å². The van der Waals surface area contributed by atoms with Crippen molar-refractivity contribution in [1.29, 1.82) is 0 Å². The van der Waals surface area contributed by atoms with Crippen molar-refractivity contribution in [3.8, 4) is 34.4 Å². The first-order chi connectivity index (χ1) is 21.2. The minimum atomic E-state index is -4.58. The average Bonchev–Trinajstić information content (AvgIpc) is 3.48. The Kier molecular flexibility index (Phi) is 7.88. The van der Waals surface area contributed by atoms with E-state index in [1.54, 1.807) is 49.4 Å². The molecule has 224 valence electrons. The van der Waals surface area contributed by atoms with Crippen LogP contribution in [-0.2, 0) is 12.8 Å². The third-order valence-electron chi connectivity index (χ3n) is 6.68. The molecule has 2 heterocycles. The van der Waals surface area contributed by atoms with E-state index in [0.29, 0.717) is 40.7 Å². The van der Waals surface area contributed by atoms with Crippen LogP contribution in [0.3, 0.4) is 0 Å². The second kappa shape index (κ2) is 11.9. The lowest BCUT2D eigenvalue weighted by Gasteiger charge is -2.15. The van der Waals surface area contributed by atoms with Crippen LogP contribution in [0.15, 0.2) is 88.8 Å². The highest BCUT2D eigenvalue weighted by atomic mass is 35.5. The molecule has 0 bridgehead atoms. The van der Waals surface area contributed by atoms with Crippen molar-refractivity contribution >= 4 is 28.7 Å². The second-order valence-electron chi connectivity index (χ2n) is 9.63. The van der Waals surface area contributed by atoms with Crippen molar-refractivity contribution < 1.29 is 32.1 Å². The summed E-state index contributed by atoms with van der Waals surface area (Å²) in [6, 6.07) is 19.8. The number of ether oxygens (including phenoxy) is 4. The topological polar surface area (TPSA) is 84.2 Å². The molecule has 0 saturated heterocycles. The van der Waals surface area contributed by atoms with E-state index in [0.717, 1.165) is 22.4 Å². The van der Waals surface area contributed by atoms with Gasteiger partial charge in [0.1, 0.15) is 6.61 Å². The summed E-state index contributed by atoms with van der Waals surface area (Å²) in [7, 11) is 0. The fourth-order valence-corrected chi connectivity index (χ4v) is 4.90. The first-order valence-electron chi connectivity index (χ1n) is 13.4. The van der Waals surface area contributed by atoms with E-state index in [-0.39, 0.29) is 35.2 Å². The zero-order valence-corrected chi connectivity index (χ0v) is 23.9. The second-order valence-corrected chi connectivity index (χ2v) is 10.0. The fraction of sp³-hybridized carbons (Fsp3) is 0.156. The Hall–Kier alpha value is -5.03. The number of alkyl halides is 3. The number of aromatic nitrogens is 2. The predicted octanol–water partition coefficient (Wildman–Crippen LogP) is 7.32. The molecule has 0 amide bonds. The zero-order chi connectivity index (χ0) is 30.8.